The standard InChI is InChI=1S/C16H22N2O2.ClH/c1-20-15-7-3-2-6-14(15)8-9-16(19)17-10-13-18-11-4-5-12-18;/h2-3,6-9H,4-5,10-13H2,1H3,(H,17,19);1H. The van der Waals surface area contributed by atoms with Crippen molar-refractivity contribution in [3.63, 3.8) is 0 Å². The molecule has 0 aromatic heterocycles. The Kier molecular flexibility index (Phi) is 7.87. The Morgan fingerprint density at radius 2 is 2.05 bits per heavy atom. The first kappa shape index (κ1) is 17.5. The summed E-state index contributed by atoms with van der Waals surface area (Å²) in [5.74, 6) is 0.712. The van der Waals surface area contributed by atoms with E-state index >= 15 is 0 Å². The molecule has 1 N–H and O–H groups in total. The zero-order valence-corrected chi connectivity index (χ0v) is 13.2. The van der Waals surface area contributed by atoms with Gasteiger partial charge in [0.15, 0.2) is 0 Å². The number of hydrogen-bond donors (Lipinski definition) is 1. The molecule has 0 bridgehead atoms. The van der Waals surface area contributed by atoms with Gasteiger partial charge in [0.2, 0.25) is 5.91 Å². The van der Waals surface area contributed by atoms with E-state index in [-0.39, 0.29) is 18.3 Å². The van der Waals surface area contributed by atoms with Gasteiger partial charge in [-0.05, 0) is 38.1 Å². The Morgan fingerprint density at radius 3 is 2.76 bits per heavy atom. The summed E-state index contributed by atoms with van der Waals surface area (Å²) in [6.45, 7) is 3.96. The van der Waals surface area contributed by atoms with Crippen LogP contribution in [0.15, 0.2) is 30.3 Å². The lowest BCUT2D eigenvalue weighted by Crippen LogP contribution is -2.32. The molecule has 0 atom stereocenters. The highest BCUT2D eigenvalue weighted by Gasteiger charge is 2.10. The summed E-state index contributed by atoms with van der Waals surface area (Å²) in [6, 6.07) is 7.64. The molecular formula is C16H23ClN2O2. The lowest BCUT2D eigenvalue weighted by molar-refractivity contribution is -0.116. The predicted molar refractivity (Wildman–Crippen MR) is 88.0 cm³/mol. The van der Waals surface area contributed by atoms with Gasteiger partial charge in [-0.25, -0.2) is 0 Å². The number of hydrogen-bond acceptors (Lipinski definition) is 3. The topological polar surface area (TPSA) is 41.6 Å². The summed E-state index contributed by atoms with van der Waals surface area (Å²) in [5, 5.41) is 2.91. The smallest absolute Gasteiger partial charge is 0.244 e. The number of likely N-dealkylation sites (tertiary alicyclic amines) is 1. The van der Waals surface area contributed by atoms with E-state index in [4.69, 9.17) is 4.74 Å². The number of rotatable bonds is 6. The first-order valence-corrected chi connectivity index (χ1v) is 7.11. The molecule has 1 heterocycles. The quantitative estimate of drug-likeness (QED) is 0.820. The number of nitrogens with zero attached hydrogens (tertiary/aromatic N) is 1. The van der Waals surface area contributed by atoms with Crippen molar-refractivity contribution in [2.24, 2.45) is 0 Å². The highest BCUT2D eigenvalue weighted by atomic mass is 35.5. The maximum Gasteiger partial charge on any atom is 0.244 e. The molecule has 1 fully saturated rings. The van der Waals surface area contributed by atoms with Crippen LogP contribution in [0.2, 0.25) is 0 Å². The Hall–Kier alpha value is -1.52. The summed E-state index contributed by atoms with van der Waals surface area (Å²) in [6.07, 6.45) is 5.90. The molecule has 0 spiro atoms. The zero-order valence-electron chi connectivity index (χ0n) is 12.4. The number of carbonyl (C=O) groups excluding carboxylic acids is 1. The van der Waals surface area contributed by atoms with Crippen molar-refractivity contribution in [3.8, 4) is 5.75 Å². The average molecular weight is 311 g/mol. The molecule has 1 amide bonds. The van der Waals surface area contributed by atoms with Gasteiger partial charge in [0.25, 0.3) is 0 Å². The van der Waals surface area contributed by atoms with Crippen LogP contribution in [-0.2, 0) is 4.79 Å². The van der Waals surface area contributed by atoms with Crippen molar-refractivity contribution in [1.82, 2.24) is 10.2 Å². The second-order valence-electron chi connectivity index (χ2n) is 4.92. The van der Waals surface area contributed by atoms with Gasteiger partial charge >= 0.3 is 0 Å². The van der Waals surface area contributed by atoms with Crippen LogP contribution in [0.1, 0.15) is 18.4 Å². The third-order valence-corrected chi connectivity index (χ3v) is 3.48. The average Bonchev–Trinajstić information content (AvgIpc) is 2.98. The van der Waals surface area contributed by atoms with Gasteiger partial charge < -0.3 is 15.0 Å². The molecule has 4 nitrogen and oxygen atoms in total. The molecule has 1 aromatic carbocycles. The van der Waals surface area contributed by atoms with Crippen LogP contribution < -0.4 is 10.1 Å². The monoisotopic (exact) mass is 310 g/mol. The second kappa shape index (κ2) is 9.42. The number of amides is 1. The number of carbonyl (C=O) groups is 1. The molecule has 21 heavy (non-hydrogen) atoms. The minimum atomic E-state index is -0.0601. The third kappa shape index (κ3) is 5.78. The molecule has 1 saturated heterocycles. The summed E-state index contributed by atoms with van der Waals surface area (Å²) in [7, 11) is 1.63. The van der Waals surface area contributed by atoms with E-state index in [1.165, 1.54) is 12.8 Å². The fraction of sp³-hybridized carbons (Fsp3) is 0.438. The highest BCUT2D eigenvalue weighted by molar-refractivity contribution is 5.92. The predicted octanol–water partition coefficient (Wildman–Crippen LogP) is 2.34. The van der Waals surface area contributed by atoms with Crippen molar-refractivity contribution in [1.29, 1.82) is 0 Å². The normalized spacial score (nSPS) is 14.9. The number of benzene rings is 1. The van der Waals surface area contributed by atoms with Crippen molar-refractivity contribution >= 4 is 24.4 Å². The number of nitrogens with one attached hydrogen (secondary N) is 1. The molecule has 5 heteroatoms. The van der Waals surface area contributed by atoms with E-state index in [1.54, 1.807) is 19.3 Å². The van der Waals surface area contributed by atoms with Crippen molar-refractivity contribution in [2.45, 2.75) is 12.8 Å². The minimum absolute atomic E-state index is 0. The van der Waals surface area contributed by atoms with E-state index in [1.807, 2.05) is 24.3 Å². The van der Waals surface area contributed by atoms with Gasteiger partial charge in [-0.3, -0.25) is 4.79 Å². The van der Waals surface area contributed by atoms with E-state index < -0.39 is 0 Å². The first-order valence-electron chi connectivity index (χ1n) is 7.11. The molecule has 2 rings (SSSR count). The van der Waals surface area contributed by atoms with Crippen molar-refractivity contribution in [3.05, 3.63) is 35.9 Å². The van der Waals surface area contributed by atoms with Crippen LogP contribution in [0.4, 0.5) is 0 Å². The second-order valence-corrected chi connectivity index (χ2v) is 4.92. The fourth-order valence-electron chi connectivity index (χ4n) is 2.37. The lowest BCUT2D eigenvalue weighted by Gasteiger charge is -2.13. The van der Waals surface area contributed by atoms with E-state index in [9.17, 15) is 4.79 Å². The van der Waals surface area contributed by atoms with Crippen molar-refractivity contribution < 1.29 is 9.53 Å². The maximum atomic E-state index is 11.7. The van der Waals surface area contributed by atoms with Crippen LogP contribution in [0, 0.1) is 0 Å². The van der Waals surface area contributed by atoms with Gasteiger partial charge in [-0.15, -0.1) is 12.4 Å². The molecule has 116 valence electrons. The SMILES string of the molecule is COc1ccccc1C=CC(=O)NCCN1CCCC1.Cl. The number of ether oxygens (including phenoxy) is 1. The third-order valence-electron chi connectivity index (χ3n) is 3.48. The fourth-order valence-corrected chi connectivity index (χ4v) is 2.37. The van der Waals surface area contributed by atoms with E-state index in [0.29, 0.717) is 6.54 Å². The summed E-state index contributed by atoms with van der Waals surface area (Å²) in [5.41, 5.74) is 0.907. The minimum Gasteiger partial charge on any atom is -0.496 e. The van der Waals surface area contributed by atoms with E-state index in [2.05, 4.69) is 10.2 Å². The number of para-hydroxylation sites is 1. The molecule has 0 saturated carbocycles. The zero-order chi connectivity index (χ0) is 14.2. The van der Waals surface area contributed by atoms with Gasteiger partial charge in [-0.2, -0.15) is 0 Å². The molecule has 1 aromatic rings. The summed E-state index contributed by atoms with van der Waals surface area (Å²) >= 11 is 0. The summed E-state index contributed by atoms with van der Waals surface area (Å²) < 4.78 is 5.24. The van der Waals surface area contributed by atoms with Gasteiger partial charge in [0, 0.05) is 24.7 Å². The van der Waals surface area contributed by atoms with Crippen LogP contribution in [0.5, 0.6) is 5.75 Å². The molecule has 0 aliphatic carbocycles. The van der Waals surface area contributed by atoms with E-state index in [0.717, 1.165) is 30.9 Å². The van der Waals surface area contributed by atoms with Crippen LogP contribution in [0.3, 0.4) is 0 Å². The largest absolute Gasteiger partial charge is 0.496 e. The molecule has 0 unspecified atom stereocenters. The van der Waals surface area contributed by atoms with Crippen molar-refractivity contribution in [2.75, 3.05) is 33.3 Å². The molecule has 1 aliphatic heterocycles. The number of methoxy groups -OCH3 is 1. The lowest BCUT2D eigenvalue weighted by atomic mass is 10.2. The van der Waals surface area contributed by atoms with Crippen LogP contribution >= 0.6 is 12.4 Å². The summed E-state index contributed by atoms with van der Waals surface area (Å²) in [4.78, 5) is 14.1. The van der Waals surface area contributed by atoms with Crippen LogP contribution in [0.25, 0.3) is 6.08 Å². The Labute approximate surface area is 132 Å². The molecule has 1 aliphatic rings. The van der Waals surface area contributed by atoms with Gasteiger partial charge in [0.05, 0.1) is 7.11 Å². The van der Waals surface area contributed by atoms with Crippen LogP contribution in [-0.4, -0.2) is 44.1 Å². The van der Waals surface area contributed by atoms with Gasteiger partial charge in [-0.1, -0.05) is 18.2 Å². The molecule has 0 radical (unpaired) electrons. The Morgan fingerprint density at radius 1 is 1.33 bits per heavy atom. The maximum absolute atomic E-state index is 11.7. The number of halogens is 1. The first-order chi connectivity index (χ1) is 9.79. The Balaban J connectivity index is 0.00000220. The highest BCUT2D eigenvalue weighted by Crippen LogP contribution is 2.18. The Bertz CT molecular complexity index is 471. The molecular weight excluding hydrogens is 288 g/mol. The van der Waals surface area contributed by atoms with Gasteiger partial charge in [0.1, 0.15) is 5.75 Å².